The van der Waals surface area contributed by atoms with Crippen molar-refractivity contribution in [3.05, 3.63) is 5.21 Å². The first-order valence-corrected chi connectivity index (χ1v) is 15.5. The monoisotopic (exact) mass is 532 g/mol. The number of esters is 1. The highest BCUT2D eigenvalue weighted by Crippen LogP contribution is 2.33. The first-order valence-electron chi connectivity index (χ1n) is 11.9. The standard InChI is InChI=1S/C22H36N4O5S3/c1-22(2)15(7-10-26(22)30)13-31-19(28)8-11-33-34-12-9-23-18(27)6-4-3-5-17-20-16(14-32-17)24-21(29)25-20/h10,15-17,20H,3-9,11-14H2,1-2H3,(H,23,27)(H2,24,25,29)/t15-,16+,17+,20+/m1/s1. The minimum atomic E-state index is -0.527. The molecule has 0 aliphatic carbocycles. The highest BCUT2D eigenvalue weighted by molar-refractivity contribution is 8.76. The molecule has 0 aromatic rings. The van der Waals surface area contributed by atoms with E-state index in [-0.39, 0.29) is 42.5 Å². The van der Waals surface area contributed by atoms with E-state index in [1.165, 1.54) is 0 Å². The molecule has 192 valence electrons. The predicted molar refractivity (Wildman–Crippen MR) is 139 cm³/mol. The summed E-state index contributed by atoms with van der Waals surface area (Å²) in [7, 11) is 3.23. The van der Waals surface area contributed by atoms with Gasteiger partial charge in [-0.15, -0.1) is 0 Å². The fraction of sp³-hybridized carbons (Fsp3) is 0.818. The second-order valence-corrected chi connectivity index (χ2v) is 13.4. The van der Waals surface area contributed by atoms with Crippen molar-refractivity contribution in [2.24, 2.45) is 5.92 Å². The summed E-state index contributed by atoms with van der Waals surface area (Å²) in [4.78, 5) is 35.3. The molecule has 3 amide bonds. The third-order valence-electron chi connectivity index (χ3n) is 6.63. The lowest BCUT2D eigenvalue weighted by Gasteiger charge is -2.25. The molecule has 12 heteroatoms. The van der Waals surface area contributed by atoms with Gasteiger partial charge in [0.15, 0.2) is 11.8 Å². The molecule has 3 heterocycles. The van der Waals surface area contributed by atoms with E-state index in [1.54, 1.807) is 27.8 Å². The van der Waals surface area contributed by atoms with E-state index in [2.05, 4.69) is 16.0 Å². The van der Waals surface area contributed by atoms with Gasteiger partial charge in [-0.1, -0.05) is 28.0 Å². The van der Waals surface area contributed by atoms with Crippen LogP contribution in [-0.2, 0) is 14.3 Å². The zero-order valence-electron chi connectivity index (χ0n) is 19.9. The topological polar surface area (TPSA) is 123 Å². The number of fused-ring (bicyclic) bond motifs is 1. The Morgan fingerprint density at radius 1 is 1.26 bits per heavy atom. The van der Waals surface area contributed by atoms with Gasteiger partial charge in [-0.05, 0) is 12.8 Å². The lowest BCUT2D eigenvalue weighted by Crippen LogP contribution is -2.38. The van der Waals surface area contributed by atoms with Crippen LogP contribution in [0.15, 0.2) is 0 Å². The van der Waals surface area contributed by atoms with Crippen molar-refractivity contribution in [1.82, 2.24) is 16.0 Å². The molecule has 0 aromatic carbocycles. The number of hydroxylamine groups is 1. The zero-order valence-corrected chi connectivity index (χ0v) is 22.3. The SMILES string of the molecule is CC1(C)[C@@H](COC(=O)CCSSCCNC(=O)CCCC[C@@H]2SC[C@@H]3NC(=O)N[C@@H]32)CC=[N+]1[O-]. The van der Waals surface area contributed by atoms with Crippen molar-refractivity contribution in [3.8, 4) is 0 Å². The fourth-order valence-corrected chi connectivity index (χ4v) is 7.72. The number of amides is 3. The second kappa shape index (κ2) is 13.2. The van der Waals surface area contributed by atoms with Crippen molar-refractivity contribution in [2.75, 3.05) is 30.4 Å². The summed E-state index contributed by atoms with van der Waals surface area (Å²) in [5.74, 6) is 2.27. The molecule has 3 rings (SSSR count). The van der Waals surface area contributed by atoms with Crippen LogP contribution < -0.4 is 16.0 Å². The largest absolute Gasteiger partial charge is 0.624 e. The highest BCUT2D eigenvalue weighted by Gasteiger charge is 2.43. The average molecular weight is 533 g/mol. The van der Waals surface area contributed by atoms with Crippen molar-refractivity contribution >= 4 is 57.5 Å². The van der Waals surface area contributed by atoms with Crippen LogP contribution in [0.25, 0.3) is 0 Å². The Labute approximate surface area is 213 Å². The molecule has 2 fully saturated rings. The number of unbranched alkanes of at least 4 members (excludes halogenated alkanes) is 1. The first kappa shape index (κ1) is 27.3. The Balaban J connectivity index is 1.11. The van der Waals surface area contributed by atoms with Crippen LogP contribution >= 0.6 is 33.3 Å². The zero-order chi connectivity index (χ0) is 24.6. The maximum atomic E-state index is 12.0. The number of carbonyl (C=O) groups excluding carboxylic acids is 3. The Kier molecular flexibility index (Phi) is 10.6. The number of carbonyl (C=O) groups is 3. The Morgan fingerprint density at radius 3 is 2.82 bits per heavy atom. The molecular formula is C22H36N4O5S3. The number of hydrogen-bond donors (Lipinski definition) is 3. The normalized spacial score (nSPS) is 27.0. The molecule has 0 aromatic heterocycles. The minimum absolute atomic E-state index is 0.0285. The number of thioether (sulfide) groups is 1. The van der Waals surface area contributed by atoms with Crippen LogP contribution in [0.3, 0.4) is 0 Å². The summed E-state index contributed by atoms with van der Waals surface area (Å²) < 4.78 is 6.30. The maximum Gasteiger partial charge on any atom is 0.315 e. The molecule has 0 unspecified atom stereocenters. The van der Waals surface area contributed by atoms with Crippen LogP contribution in [-0.4, -0.2) is 82.1 Å². The van der Waals surface area contributed by atoms with E-state index >= 15 is 0 Å². The lowest BCUT2D eigenvalue weighted by atomic mass is 9.89. The van der Waals surface area contributed by atoms with Crippen LogP contribution in [0, 0.1) is 11.1 Å². The maximum absolute atomic E-state index is 12.0. The summed E-state index contributed by atoms with van der Waals surface area (Å²) >= 11 is 1.90. The van der Waals surface area contributed by atoms with Crippen molar-refractivity contribution in [1.29, 1.82) is 0 Å². The molecule has 3 aliphatic heterocycles. The highest BCUT2D eigenvalue weighted by atomic mass is 33.1. The van der Waals surface area contributed by atoms with Crippen LogP contribution in [0.4, 0.5) is 4.79 Å². The van der Waals surface area contributed by atoms with Gasteiger partial charge in [-0.3, -0.25) is 9.59 Å². The van der Waals surface area contributed by atoms with Crippen molar-refractivity contribution < 1.29 is 23.9 Å². The second-order valence-electron chi connectivity index (χ2n) is 9.39. The molecule has 0 bridgehead atoms. The third kappa shape index (κ3) is 7.87. The van der Waals surface area contributed by atoms with Gasteiger partial charge in [-0.25, -0.2) is 9.53 Å². The third-order valence-corrected chi connectivity index (χ3v) is 10.5. The lowest BCUT2D eigenvalue weighted by molar-refractivity contribution is -0.536. The van der Waals surface area contributed by atoms with Gasteiger partial charge < -0.3 is 25.9 Å². The molecule has 3 aliphatic rings. The molecule has 9 nitrogen and oxygen atoms in total. The Hall–Kier alpha value is -1.27. The number of nitrogens with one attached hydrogen (secondary N) is 3. The molecule has 0 saturated carbocycles. The van der Waals surface area contributed by atoms with Crippen molar-refractivity contribution in [3.63, 3.8) is 0 Å². The van der Waals surface area contributed by atoms with Crippen LogP contribution in [0.5, 0.6) is 0 Å². The minimum Gasteiger partial charge on any atom is -0.624 e. The van der Waals surface area contributed by atoms with Gasteiger partial charge in [0, 0.05) is 55.7 Å². The van der Waals surface area contributed by atoms with E-state index in [9.17, 15) is 19.6 Å². The number of nitrogens with zero attached hydrogens (tertiary/aromatic N) is 1. The average Bonchev–Trinajstić information content (AvgIpc) is 3.42. The molecule has 34 heavy (non-hydrogen) atoms. The Morgan fingerprint density at radius 2 is 2.06 bits per heavy atom. The van der Waals surface area contributed by atoms with Gasteiger partial charge in [0.1, 0.15) is 6.61 Å². The quantitative estimate of drug-likeness (QED) is 0.0779. The van der Waals surface area contributed by atoms with Gasteiger partial charge in [0.25, 0.3) is 0 Å². The van der Waals surface area contributed by atoms with E-state index in [0.717, 1.165) is 35.5 Å². The molecule has 4 atom stereocenters. The van der Waals surface area contributed by atoms with Gasteiger partial charge in [0.05, 0.1) is 24.4 Å². The van der Waals surface area contributed by atoms with Gasteiger partial charge in [0.2, 0.25) is 5.91 Å². The van der Waals surface area contributed by atoms with Crippen LogP contribution in [0.1, 0.15) is 52.4 Å². The summed E-state index contributed by atoms with van der Waals surface area (Å²) in [6.45, 7) is 4.62. The number of urea groups is 1. The Bertz CT molecular complexity index is 767. The van der Waals surface area contributed by atoms with E-state index < -0.39 is 5.54 Å². The predicted octanol–water partition coefficient (Wildman–Crippen LogP) is 2.52. The summed E-state index contributed by atoms with van der Waals surface area (Å²) in [6.07, 6.45) is 5.97. The molecule has 0 radical (unpaired) electrons. The number of rotatable bonds is 14. The summed E-state index contributed by atoms with van der Waals surface area (Å²) in [6, 6.07) is 0.419. The number of ether oxygens (including phenoxy) is 1. The number of hydrogen-bond acceptors (Lipinski definition) is 8. The summed E-state index contributed by atoms with van der Waals surface area (Å²) in [5.41, 5.74) is -0.527. The van der Waals surface area contributed by atoms with Crippen molar-refractivity contribution in [2.45, 2.75) is 75.2 Å². The smallest absolute Gasteiger partial charge is 0.315 e. The van der Waals surface area contributed by atoms with Gasteiger partial charge >= 0.3 is 12.0 Å². The molecule has 0 spiro atoms. The van der Waals surface area contributed by atoms with Gasteiger partial charge in [-0.2, -0.15) is 11.8 Å². The van der Waals surface area contributed by atoms with E-state index in [0.29, 0.717) is 36.8 Å². The molecule has 3 N–H and O–H groups in total. The fourth-order valence-electron chi connectivity index (χ4n) is 4.30. The van der Waals surface area contributed by atoms with Crippen LogP contribution in [0.2, 0.25) is 0 Å². The van der Waals surface area contributed by atoms with E-state index in [4.69, 9.17) is 4.74 Å². The summed E-state index contributed by atoms with van der Waals surface area (Å²) in [5, 5.41) is 21.1. The molecular weight excluding hydrogens is 496 g/mol. The molecule has 2 saturated heterocycles. The van der Waals surface area contributed by atoms with E-state index in [1.807, 2.05) is 25.6 Å². The first-order chi connectivity index (χ1) is 16.3.